The first-order chi connectivity index (χ1) is 19.3. The van der Waals surface area contributed by atoms with Crippen molar-refractivity contribution in [3.63, 3.8) is 0 Å². The molecule has 1 aromatic rings. The Morgan fingerprint density at radius 1 is 0.850 bits per heavy atom. The number of esters is 2. The highest BCUT2D eigenvalue weighted by Crippen LogP contribution is 2.45. The zero-order valence-electron chi connectivity index (χ0n) is 24.7. The van der Waals surface area contributed by atoms with Crippen molar-refractivity contribution in [1.82, 2.24) is 14.7 Å². The van der Waals surface area contributed by atoms with E-state index in [-0.39, 0.29) is 19.3 Å². The van der Waals surface area contributed by atoms with Crippen molar-refractivity contribution < 1.29 is 23.5 Å². The van der Waals surface area contributed by atoms with E-state index in [9.17, 15) is 14.0 Å². The number of rotatable bonds is 12. The van der Waals surface area contributed by atoms with Gasteiger partial charge in [-0.15, -0.1) is 0 Å². The van der Waals surface area contributed by atoms with Gasteiger partial charge in [0.05, 0.1) is 17.1 Å². The molecule has 2 saturated heterocycles. The minimum Gasteiger partial charge on any atom is -0.461 e. The Morgan fingerprint density at radius 2 is 1.32 bits per heavy atom. The third-order valence-electron chi connectivity index (χ3n) is 8.27. The molecule has 0 unspecified atom stereocenters. The van der Waals surface area contributed by atoms with Crippen LogP contribution in [0.4, 0.5) is 4.39 Å². The standard InChI is InChI=1S/C32H46FN3O4/c1-5-26-29(31(37)39-20-18-34-14-7-8-15-34)28(24-12-11-13-25(33)22-24)30(27(6-2)36(26)23(3)4)32(38)40-21-19-35-16-9-10-17-35/h11-13,22-23,28H,5-10,14-21H2,1-4H3. The first-order valence-electron chi connectivity index (χ1n) is 15.1. The molecule has 0 atom stereocenters. The lowest BCUT2D eigenvalue weighted by atomic mass is 9.78. The molecule has 0 aromatic heterocycles. The molecule has 1 aromatic carbocycles. The molecule has 4 rings (SSSR count). The summed E-state index contributed by atoms with van der Waals surface area (Å²) in [6.07, 6.45) is 5.80. The van der Waals surface area contributed by atoms with Crippen LogP contribution in [-0.2, 0) is 19.1 Å². The summed E-state index contributed by atoms with van der Waals surface area (Å²) in [6.45, 7) is 14.1. The molecule has 7 nitrogen and oxygen atoms in total. The van der Waals surface area contributed by atoms with E-state index >= 15 is 0 Å². The largest absolute Gasteiger partial charge is 0.461 e. The van der Waals surface area contributed by atoms with E-state index in [1.54, 1.807) is 12.1 Å². The summed E-state index contributed by atoms with van der Waals surface area (Å²) in [4.78, 5) is 34.6. The molecule has 0 bridgehead atoms. The van der Waals surface area contributed by atoms with E-state index in [0.717, 1.165) is 63.3 Å². The molecule has 0 radical (unpaired) electrons. The Morgan fingerprint density at radius 3 is 1.73 bits per heavy atom. The highest BCUT2D eigenvalue weighted by molar-refractivity contribution is 6.00. The number of likely N-dealkylation sites (tertiary alicyclic amines) is 2. The number of hydrogen-bond acceptors (Lipinski definition) is 7. The topological polar surface area (TPSA) is 62.3 Å². The number of halogens is 1. The summed E-state index contributed by atoms with van der Waals surface area (Å²) in [6, 6.07) is 6.21. The average molecular weight is 556 g/mol. The zero-order chi connectivity index (χ0) is 28.6. The van der Waals surface area contributed by atoms with Gasteiger partial charge in [-0.25, -0.2) is 14.0 Å². The van der Waals surface area contributed by atoms with Crippen molar-refractivity contribution in [1.29, 1.82) is 0 Å². The summed E-state index contributed by atoms with van der Waals surface area (Å²) in [5.74, 6) is -2.08. The van der Waals surface area contributed by atoms with Crippen molar-refractivity contribution in [3.8, 4) is 0 Å². The molecule has 0 saturated carbocycles. The van der Waals surface area contributed by atoms with Crippen LogP contribution in [0.2, 0.25) is 0 Å². The number of ether oxygens (including phenoxy) is 2. The lowest BCUT2D eigenvalue weighted by Crippen LogP contribution is -2.40. The molecule has 220 valence electrons. The Balaban J connectivity index is 1.72. The monoisotopic (exact) mass is 555 g/mol. The third kappa shape index (κ3) is 6.95. The molecular formula is C32H46FN3O4. The fraction of sp³-hybridized carbons (Fsp3) is 0.625. The van der Waals surface area contributed by atoms with Crippen LogP contribution in [0.1, 0.15) is 77.7 Å². The second-order valence-electron chi connectivity index (χ2n) is 11.2. The number of carbonyl (C=O) groups is 2. The van der Waals surface area contributed by atoms with Gasteiger partial charge in [-0.3, -0.25) is 9.80 Å². The molecule has 0 spiro atoms. The maximum atomic E-state index is 14.6. The SMILES string of the molecule is CCC1=C(C(=O)OCCN2CCCC2)C(c2cccc(F)c2)C(C(=O)OCCN2CCCC2)=C(CC)N1C(C)C. The van der Waals surface area contributed by atoms with E-state index < -0.39 is 23.7 Å². The first-order valence-corrected chi connectivity index (χ1v) is 15.1. The smallest absolute Gasteiger partial charge is 0.336 e. The quantitative estimate of drug-likeness (QED) is 0.327. The van der Waals surface area contributed by atoms with Gasteiger partial charge in [0.15, 0.2) is 0 Å². The van der Waals surface area contributed by atoms with Crippen molar-refractivity contribution in [2.24, 2.45) is 0 Å². The van der Waals surface area contributed by atoms with Crippen LogP contribution in [0.5, 0.6) is 0 Å². The van der Waals surface area contributed by atoms with Gasteiger partial charge in [0.1, 0.15) is 19.0 Å². The lowest BCUT2D eigenvalue weighted by Gasteiger charge is -2.42. The van der Waals surface area contributed by atoms with Gasteiger partial charge in [-0.05, 0) is 96.2 Å². The van der Waals surface area contributed by atoms with Gasteiger partial charge >= 0.3 is 11.9 Å². The number of allylic oxidation sites excluding steroid dienone is 2. The van der Waals surface area contributed by atoms with Gasteiger partial charge in [-0.1, -0.05) is 26.0 Å². The molecule has 40 heavy (non-hydrogen) atoms. The fourth-order valence-corrected chi connectivity index (χ4v) is 6.44. The molecule has 3 aliphatic heterocycles. The van der Waals surface area contributed by atoms with Crippen LogP contribution in [0.3, 0.4) is 0 Å². The molecular weight excluding hydrogens is 509 g/mol. The summed E-state index contributed by atoms with van der Waals surface area (Å²) in [7, 11) is 0. The van der Waals surface area contributed by atoms with Gasteiger partial charge in [0, 0.05) is 30.5 Å². The number of nitrogens with zero attached hydrogens (tertiary/aromatic N) is 3. The Labute approximate surface area is 239 Å². The minimum atomic E-state index is -0.769. The van der Waals surface area contributed by atoms with Crippen molar-refractivity contribution >= 4 is 11.9 Å². The lowest BCUT2D eigenvalue weighted by molar-refractivity contribution is -0.140. The van der Waals surface area contributed by atoms with E-state index in [2.05, 4.69) is 28.5 Å². The van der Waals surface area contributed by atoms with Gasteiger partial charge < -0.3 is 14.4 Å². The third-order valence-corrected chi connectivity index (χ3v) is 8.27. The predicted octanol–water partition coefficient (Wildman–Crippen LogP) is 5.24. The summed E-state index contributed by atoms with van der Waals surface area (Å²) in [5, 5.41) is 0. The van der Waals surface area contributed by atoms with Gasteiger partial charge in [-0.2, -0.15) is 0 Å². The normalized spacial score (nSPS) is 19.3. The summed E-state index contributed by atoms with van der Waals surface area (Å²) >= 11 is 0. The average Bonchev–Trinajstić information content (AvgIpc) is 3.66. The van der Waals surface area contributed by atoms with E-state index in [1.807, 2.05) is 13.8 Å². The maximum Gasteiger partial charge on any atom is 0.336 e. The van der Waals surface area contributed by atoms with Crippen LogP contribution in [-0.4, -0.2) is 85.2 Å². The van der Waals surface area contributed by atoms with Crippen LogP contribution in [0.25, 0.3) is 0 Å². The molecule has 2 fully saturated rings. The Kier molecular flexibility index (Phi) is 10.8. The summed E-state index contributed by atoms with van der Waals surface area (Å²) < 4.78 is 26.4. The van der Waals surface area contributed by atoms with Crippen LogP contribution in [0, 0.1) is 5.82 Å². The molecule has 0 amide bonds. The highest BCUT2D eigenvalue weighted by Gasteiger charge is 2.42. The molecule has 0 aliphatic carbocycles. The number of benzene rings is 1. The molecule has 8 heteroatoms. The minimum absolute atomic E-state index is 0.00170. The van der Waals surface area contributed by atoms with E-state index in [1.165, 1.54) is 12.1 Å². The molecule has 3 heterocycles. The van der Waals surface area contributed by atoms with Crippen molar-refractivity contribution in [3.05, 3.63) is 58.2 Å². The summed E-state index contributed by atoms with van der Waals surface area (Å²) in [5.41, 5.74) is 3.01. The molecule has 3 aliphatic rings. The van der Waals surface area contributed by atoms with Crippen LogP contribution >= 0.6 is 0 Å². The molecule has 0 N–H and O–H groups in total. The zero-order valence-corrected chi connectivity index (χ0v) is 24.7. The van der Waals surface area contributed by atoms with E-state index in [4.69, 9.17) is 9.47 Å². The van der Waals surface area contributed by atoms with E-state index in [0.29, 0.717) is 42.6 Å². The Hall–Kier alpha value is -2.71. The number of carbonyl (C=O) groups excluding carboxylic acids is 2. The maximum absolute atomic E-state index is 14.6. The highest BCUT2D eigenvalue weighted by atomic mass is 19.1. The van der Waals surface area contributed by atoms with Crippen LogP contribution < -0.4 is 0 Å². The first kappa shape index (κ1) is 30.3. The van der Waals surface area contributed by atoms with Gasteiger partial charge in [0.2, 0.25) is 0 Å². The van der Waals surface area contributed by atoms with Gasteiger partial charge in [0.25, 0.3) is 0 Å². The fourth-order valence-electron chi connectivity index (χ4n) is 6.44. The number of hydrogen-bond donors (Lipinski definition) is 0. The predicted molar refractivity (Wildman–Crippen MR) is 154 cm³/mol. The second kappa shape index (κ2) is 14.3. The Bertz CT molecular complexity index is 1040. The van der Waals surface area contributed by atoms with Crippen LogP contribution in [0.15, 0.2) is 46.8 Å². The van der Waals surface area contributed by atoms with Crippen molar-refractivity contribution in [2.75, 3.05) is 52.5 Å². The van der Waals surface area contributed by atoms with Crippen molar-refractivity contribution in [2.45, 2.75) is 78.2 Å². The second-order valence-corrected chi connectivity index (χ2v) is 11.2.